The number of hydrogen-bond donors (Lipinski definition) is 1. The van der Waals surface area contributed by atoms with E-state index in [1.54, 1.807) is 27.7 Å². The highest BCUT2D eigenvalue weighted by Crippen LogP contribution is 2.21. The maximum Gasteiger partial charge on any atom is 0.407 e. The van der Waals surface area contributed by atoms with Crippen LogP contribution in [0.15, 0.2) is 12.1 Å². The summed E-state index contributed by atoms with van der Waals surface area (Å²) in [6.45, 7) is 7.20. The summed E-state index contributed by atoms with van der Waals surface area (Å²) in [5, 5.41) is 13.2. The Balaban J connectivity index is 2.59. The molecule has 0 radical (unpaired) electrons. The van der Waals surface area contributed by atoms with Gasteiger partial charge in [-0.1, -0.05) is 11.8 Å². The van der Waals surface area contributed by atoms with E-state index in [4.69, 9.17) is 4.74 Å². The van der Waals surface area contributed by atoms with Gasteiger partial charge in [-0.05, 0) is 39.3 Å². The molecule has 23 heavy (non-hydrogen) atoms. The van der Waals surface area contributed by atoms with Gasteiger partial charge in [-0.15, -0.1) is 0 Å². The van der Waals surface area contributed by atoms with Crippen LogP contribution in [0.2, 0.25) is 0 Å². The zero-order valence-corrected chi connectivity index (χ0v) is 13.5. The quantitative estimate of drug-likeness (QED) is 0.400. The SMILES string of the molecule is Cc1cc([N+](=O)[O-])c(F)cc1C#CCCNC(=O)OC(C)(C)C. The third-order valence-corrected chi connectivity index (χ3v) is 2.63. The summed E-state index contributed by atoms with van der Waals surface area (Å²) in [6, 6.07) is 2.19. The molecule has 1 aromatic carbocycles. The standard InChI is InChI=1S/C16H19FN2O4/c1-11-9-14(19(21)22)13(17)10-12(11)7-5-6-8-18-15(20)23-16(2,3)4/h9-10H,6,8H2,1-4H3,(H,18,20). The number of carbonyl (C=O) groups is 1. The van der Waals surface area contributed by atoms with Gasteiger partial charge in [-0.25, -0.2) is 4.79 Å². The van der Waals surface area contributed by atoms with Gasteiger partial charge in [0.05, 0.1) is 4.92 Å². The highest BCUT2D eigenvalue weighted by molar-refractivity contribution is 5.67. The van der Waals surface area contributed by atoms with E-state index in [2.05, 4.69) is 17.2 Å². The molecule has 1 amide bonds. The Labute approximate surface area is 134 Å². The van der Waals surface area contributed by atoms with Crippen LogP contribution in [-0.2, 0) is 4.74 Å². The van der Waals surface area contributed by atoms with Crippen LogP contribution in [0, 0.1) is 34.7 Å². The van der Waals surface area contributed by atoms with E-state index in [9.17, 15) is 19.3 Å². The van der Waals surface area contributed by atoms with E-state index >= 15 is 0 Å². The number of ether oxygens (including phenoxy) is 1. The fourth-order valence-electron chi connectivity index (χ4n) is 1.64. The van der Waals surface area contributed by atoms with Crippen molar-refractivity contribution in [3.8, 4) is 11.8 Å². The van der Waals surface area contributed by atoms with Crippen LogP contribution in [0.5, 0.6) is 0 Å². The van der Waals surface area contributed by atoms with Gasteiger partial charge in [-0.2, -0.15) is 4.39 Å². The minimum absolute atomic E-state index is 0.288. The molecule has 0 aliphatic rings. The lowest BCUT2D eigenvalue weighted by Gasteiger charge is -2.19. The fourth-order valence-corrected chi connectivity index (χ4v) is 1.64. The number of halogens is 1. The number of alkyl carbamates (subject to hydrolysis) is 1. The summed E-state index contributed by atoms with van der Waals surface area (Å²) in [5.74, 6) is 4.60. The van der Waals surface area contributed by atoms with Crippen LogP contribution in [0.1, 0.15) is 38.3 Å². The van der Waals surface area contributed by atoms with Crippen molar-refractivity contribution in [1.29, 1.82) is 0 Å². The predicted octanol–water partition coefficient (Wildman–Crippen LogP) is 3.31. The molecule has 0 aliphatic heterocycles. The number of carbonyl (C=O) groups excluding carboxylic acids is 1. The first-order valence-electron chi connectivity index (χ1n) is 7.00. The maximum absolute atomic E-state index is 13.5. The Morgan fingerprint density at radius 1 is 1.43 bits per heavy atom. The molecule has 0 bridgehead atoms. The average molecular weight is 322 g/mol. The number of nitro benzene ring substituents is 1. The van der Waals surface area contributed by atoms with Crippen LogP contribution >= 0.6 is 0 Å². The lowest BCUT2D eigenvalue weighted by Crippen LogP contribution is -2.32. The summed E-state index contributed by atoms with van der Waals surface area (Å²) in [7, 11) is 0. The minimum atomic E-state index is -0.920. The number of aryl methyl sites for hydroxylation is 1. The van der Waals surface area contributed by atoms with E-state index in [1.165, 1.54) is 0 Å². The Morgan fingerprint density at radius 2 is 2.09 bits per heavy atom. The molecular formula is C16H19FN2O4. The monoisotopic (exact) mass is 322 g/mol. The van der Waals surface area contributed by atoms with Crippen LogP contribution in [-0.4, -0.2) is 23.2 Å². The second-order valence-corrected chi connectivity index (χ2v) is 5.86. The first-order chi connectivity index (χ1) is 10.6. The normalized spacial score (nSPS) is 10.5. The van der Waals surface area contributed by atoms with Gasteiger partial charge in [0, 0.05) is 24.6 Å². The van der Waals surface area contributed by atoms with Gasteiger partial charge in [-0.3, -0.25) is 10.1 Å². The van der Waals surface area contributed by atoms with E-state index in [-0.39, 0.29) is 6.54 Å². The van der Waals surface area contributed by atoms with Crippen molar-refractivity contribution in [2.75, 3.05) is 6.54 Å². The molecule has 0 heterocycles. The number of benzene rings is 1. The summed E-state index contributed by atoms with van der Waals surface area (Å²) in [5.41, 5.74) is -0.237. The van der Waals surface area contributed by atoms with Gasteiger partial charge in [0.2, 0.25) is 5.82 Å². The summed E-state index contributed by atoms with van der Waals surface area (Å²) in [4.78, 5) is 21.2. The Bertz CT molecular complexity index is 669. The van der Waals surface area contributed by atoms with Crippen molar-refractivity contribution >= 4 is 11.8 Å². The van der Waals surface area contributed by atoms with Crippen LogP contribution in [0.25, 0.3) is 0 Å². The fraction of sp³-hybridized carbons (Fsp3) is 0.438. The number of hydrogen-bond acceptors (Lipinski definition) is 4. The number of amides is 1. The van der Waals surface area contributed by atoms with Gasteiger partial charge >= 0.3 is 11.8 Å². The number of nitrogens with zero attached hydrogens (tertiary/aromatic N) is 1. The highest BCUT2D eigenvalue weighted by atomic mass is 19.1. The Morgan fingerprint density at radius 3 is 2.65 bits per heavy atom. The summed E-state index contributed by atoms with van der Waals surface area (Å²) in [6.07, 6.45) is -0.186. The van der Waals surface area contributed by atoms with E-state index in [0.29, 0.717) is 17.5 Å². The minimum Gasteiger partial charge on any atom is -0.444 e. The van der Waals surface area contributed by atoms with Crippen LogP contribution < -0.4 is 5.32 Å². The third-order valence-electron chi connectivity index (χ3n) is 2.63. The lowest BCUT2D eigenvalue weighted by atomic mass is 10.1. The molecule has 0 aliphatic carbocycles. The molecule has 0 spiro atoms. The van der Waals surface area contributed by atoms with Crippen molar-refractivity contribution in [2.45, 2.75) is 39.7 Å². The molecule has 0 aromatic heterocycles. The summed E-state index contributed by atoms with van der Waals surface area (Å²) < 4.78 is 18.6. The Kier molecular flexibility index (Phi) is 6.08. The predicted molar refractivity (Wildman–Crippen MR) is 83.5 cm³/mol. The zero-order chi connectivity index (χ0) is 17.6. The van der Waals surface area contributed by atoms with Crippen molar-refractivity contribution in [3.63, 3.8) is 0 Å². The molecule has 0 unspecified atom stereocenters. The topological polar surface area (TPSA) is 81.5 Å². The van der Waals surface area contributed by atoms with Crippen molar-refractivity contribution in [1.82, 2.24) is 5.32 Å². The maximum atomic E-state index is 13.5. The molecule has 0 saturated heterocycles. The van der Waals surface area contributed by atoms with Gasteiger partial charge in [0.15, 0.2) is 0 Å². The van der Waals surface area contributed by atoms with E-state index < -0.39 is 28.1 Å². The average Bonchev–Trinajstić information content (AvgIpc) is 2.39. The van der Waals surface area contributed by atoms with Crippen molar-refractivity contribution < 1.29 is 18.8 Å². The third kappa shape index (κ3) is 6.34. The summed E-state index contributed by atoms with van der Waals surface area (Å²) >= 11 is 0. The van der Waals surface area contributed by atoms with Crippen molar-refractivity contribution in [2.24, 2.45) is 0 Å². The van der Waals surface area contributed by atoms with E-state index in [1.807, 2.05) is 0 Å². The largest absolute Gasteiger partial charge is 0.444 e. The molecule has 124 valence electrons. The van der Waals surface area contributed by atoms with Crippen molar-refractivity contribution in [3.05, 3.63) is 39.2 Å². The first-order valence-corrected chi connectivity index (χ1v) is 7.00. The molecule has 1 rings (SSSR count). The number of nitrogens with one attached hydrogen (secondary N) is 1. The molecule has 6 nitrogen and oxygen atoms in total. The first kappa shape index (κ1) is 18.4. The van der Waals surface area contributed by atoms with Crippen LogP contribution in [0.3, 0.4) is 0 Å². The van der Waals surface area contributed by atoms with Gasteiger partial charge in [0.1, 0.15) is 5.60 Å². The van der Waals surface area contributed by atoms with Crippen LogP contribution in [0.4, 0.5) is 14.9 Å². The highest BCUT2D eigenvalue weighted by Gasteiger charge is 2.16. The second kappa shape index (κ2) is 7.58. The molecule has 0 atom stereocenters. The smallest absolute Gasteiger partial charge is 0.407 e. The molecule has 7 heteroatoms. The number of rotatable bonds is 3. The van der Waals surface area contributed by atoms with Gasteiger partial charge in [0.25, 0.3) is 0 Å². The molecule has 1 N–H and O–H groups in total. The van der Waals surface area contributed by atoms with E-state index in [0.717, 1.165) is 12.1 Å². The lowest BCUT2D eigenvalue weighted by molar-refractivity contribution is -0.387. The number of nitro groups is 1. The second-order valence-electron chi connectivity index (χ2n) is 5.86. The van der Waals surface area contributed by atoms with Gasteiger partial charge < -0.3 is 10.1 Å². The molecule has 1 aromatic rings. The Hall–Kier alpha value is -2.62. The zero-order valence-electron chi connectivity index (χ0n) is 13.5. The molecular weight excluding hydrogens is 303 g/mol. The molecule has 0 fully saturated rings. The molecule has 0 saturated carbocycles.